The van der Waals surface area contributed by atoms with Crippen LogP contribution in [0.3, 0.4) is 0 Å². The second-order valence-electron chi connectivity index (χ2n) is 9.81. The maximum absolute atomic E-state index is 13.1. The molecule has 1 saturated heterocycles. The van der Waals surface area contributed by atoms with E-state index in [0.29, 0.717) is 30.1 Å². The van der Waals surface area contributed by atoms with E-state index in [1.54, 1.807) is 21.8 Å². The minimum Gasteiger partial charge on any atom is -0.465 e. The Kier molecular flexibility index (Phi) is 5.87. The van der Waals surface area contributed by atoms with Gasteiger partial charge in [0.15, 0.2) is 9.84 Å². The molecule has 1 saturated carbocycles. The zero-order valence-corrected chi connectivity index (χ0v) is 20.1. The lowest BCUT2D eigenvalue weighted by molar-refractivity contribution is -0.119. The van der Waals surface area contributed by atoms with Gasteiger partial charge in [-0.05, 0) is 49.8 Å². The normalized spacial score (nSPS) is 24.0. The second kappa shape index (κ2) is 8.72. The third kappa shape index (κ3) is 4.55. The topological polar surface area (TPSA) is 113 Å². The standard InChI is InChI=1S/C24H30N4O5S/c1-16-13-26(24(30)31)22-11-18(7-8-21(22)28(16)23(29)9-6-17-4-5-17)19-12-25-27(14-19)20-3-2-10-34(32,33)15-20/h7-8,11-12,14,16-17,20H,2-6,9-10,13,15H2,1H3,(H,30,31)/t16-,20+/m0/s1. The van der Waals surface area contributed by atoms with E-state index in [1.807, 2.05) is 25.3 Å². The summed E-state index contributed by atoms with van der Waals surface area (Å²) in [6.07, 6.45) is 7.56. The Bertz CT molecular complexity index is 1220. The minimum absolute atomic E-state index is 0.0322. The van der Waals surface area contributed by atoms with Crippen LogP contribution < -0.4 is 9.80 Å². The van der Waals surface area contributed by atoms with Crippen LogP contribution in [0.5, 0.6) is 0 Å². The first-order valence-corrected chi connectivity index (χ1v) is 13.8. The van der Waals surface area contributed by atoms with Crippen molar-refractivity contribution in [1.82, 2.24) is 9.78 Å². The number of benzene rings is 1. The maximum atomic E-state index is 13.1. The first-order chi connectivity index (χ1) is 16.2. The fourth-order valence-electron chi connectivity index (χ4n) is 5.11. The van der Waals surface area contributed by atoms with Crippen LogP contribution in [0.2, 0.25) is 0 Å². The first kappa shape index (κ1) is 22.9. The number of carbonyl (C=O) groups excluding carboxylic acids is 1. The third-order valence-corrected chi connectivity index (χ3v) is 8.93. The summed E-state index contributed by atoms with van der Waals surface area (Å²) in [6.45, 7) is 2.09. The van der Waals surface area contributed by atoms with Crippen LogP contribution >= 0.6 is 0 Å². The van der Waals surface area contributed by atoms with Crippen molar-refractivity contribution in [2.45, 2.75) is 57.5 Å². The van der Waals surface area contributed by atoms with Crippen LogP contribution in [0.15, 0.2) is 30.6 Å². The average Bonchev–Trinajstić information content (AvgIpc) is 3.49. The van der Waals surface area contributed by atoms with Gasteiger partial charge in [0.2, 0.25) is 5.91 Å². The molecule has 1 aromatic heterocycles. The molecule has 34 heavy (non-hydrogen) atoms. The molecular weight excluding hydrogens is 456 g/mol. The van der Waals surface area contributed by atoms with E-state index in [-0.39, 0.29) is 36.0 Å². The Labute approximate surface area is 199 Å². The summed E-state index contributed by atoms with van der Waals surface area (Å²) >= 11 is 0. The van der Waals surface area contributed by atoms with Gasteiger partial charge in [-0.2, -0.15) is 5.10 Å². The van der Waals surface area contributed by atoms with E-state index in [0.717, 1.165) is 24.0 Å². The second-order valence-corrected chi connectivity index (χ2v) is 12.0. The molecule has 0 radical (unpaired) electrons. The number of carboxylic acid groups (broad SMARTS) is 1. The highest BCUT2D eigenvalue weighted by Crippen LogP contribution is 2.40. The van der Waals surface area contributed by atoms with E-state index < -0.39 is 15.9 Å². The number of nitrogens with zero attached hydrogens (tertiary/aromatic N) is 4. The van der Waals surface area contributed by atoms with Gasteiger partial charge < -0.3 is 10.0 Å². The van der Waals surface area contributed by atoms with Gasteiger partial charge in [-0.1, -0.05) is 18.9 Å². The monoisotopic (exact) mass is 486 g/mol. The van der Waals surface area contributed by atoms with Gasteiger partial charge in [-0.15, -0.1) is 0 Å². The molecule has 1 N–H and O–H groups in total. The lowest BCUT2D eigenvalue weighted by Gasteiger charge is -2.40. The molecule has 2 aliphatic heterocycles. The Morgan fingerprint density at radius 1 is 1.15 bits per heavy atom. The molecule has 0 spiro atoms. The number of rotatable bonds is 5. The third-order valence-electron chi connectivity index (χ3n) is 7.12. The quantitative estimate of drug-likeness (QED) is 0.689. The van der Waals surface area contributed by atoms with E-state index in [9.17, 15) is 23.1 Å². The molecule has 182 valence electrons. The number of fused-ring (bicyclic) bond motifs is 1. The molecule has 3 aliphatic rings. The van der Waals surface area contributed by atoms with E-state index in [1.165, 1.54) is 17.7 Å². The van der Waals surface area contributed by atoms with Gasteiger partial charge in [-0.3, -0.25) is 14.4 Å². The fourth-order valence-corrected chi connectivity index (χ4v) is 6.79. The number of hydrogen-bond donors (Lipinski definition) is 1. The molecule has 2 amide bonds. The lowest BCUT2D eigenvalue weighted by atomic mass is 10.0. The number of carbonyl (C=O) groups is 2. The number of aromatic nitrogens is 2. The Balaban J connectivity index is 1.45. The minimum atomic E-state index is -3.06. The summed E-state index contributed by atoms with van der Waals surface area (Å²) in [5, 5.41) is 14.3. The van der Waals surface area contributed by atoms with E-state index in [4.69, 9.17) is 0 Å². The summed E-state index contributed by atoms with van der Waals surface area (Å²) in [5.41, 5.74) is 2.64. The lowest BCUT2D eigenvalue weighted by Crippen LogP contribution is -2.51. The number of anilines is 2. The molecular formula is C24H30N4O5S. The largest absolute Gasteiger partial charge is 0.465 e. The van der Waals surface area contributed by atoms with Crippen molar-refractivity contribution < 1.29 is 23.1 Å². The smallest absolute Gasteiger partial charge is 0.411 e. The van der Waals surface area contributed by atoms with Gasteiger partial charge in [0.25, 0.3) is 0 Å². The van der Waals surface area contributed by atoms with Crippen LogP contribution in [0, 0.1) is 5.92 Å². The van der Waals surface area contributed by atoms with Gasteiger partial charge in [0.1, 0.15) is 0 Å². The molecule has 2 aromatic rings. The Morgan fingerprint density at radius 3 is 2.65 bits per heavy atom. The van der Waals surface area contributed by atoms with E-state index in [2.05, 4.69) is 5.10 Å². The van der Waals surface area contributed by atoms with Crippen LogP contribution in [-0.2, 0) is 14.6 Å². The zero-order valence-electron chi connectivity index (χ0n) is 19.3. The van der Waals surface area contributed by atoms with Crippen LogP contribution in [0.25, 0.3) is 11.1 Å². The van der Waals surface area contributed by atoms with E-state index >= 15 is 0 Å². The molecule has 2 atom stereocenters. The highest BCUT2D eigenvalue weighted by molar-refractivity contribution is 7.91. The van der Waals surface area contributed by atoms with Crippen molar-refractivity contribution in [2.75, 3.05) is 27.9 Å². The van der Waals surface area contributed by atoms with Crippen molar-refractivity contribution in [3.05, 3.63) is 30.6 Å². The summed E-state index contributed by atoms with van der Waals surface area (Å²) in [6, 6.07) is 5.03. The molecule has 10 heteroatoms. The van der Waals surface area contributed by atoms with Crippen molar-refractivity contribution >= 4 is 33.2 Å². The number of hydrogen-bond acceptors (Lipinski definition) is 5. The van der Waals surface area contributed by atoms with Gasteiger partial charge >= 0.3 is 6.09 Å². The van der Waals surface area contributed by atoms with Crippen molar-refractivity contribution in [3.63, 3.8) is 0 Å². The molecule has 1 aliphatic carbocycles. The van der Waals surface area contributed by atoms with Crippen LogP contribution in [0.4, 0.5) is 16.2 Å². The Hall–Kier alpha value is -2.88. The zero-order chi connectivity index (χ0) is 24.0. The van der Waals surface area contributed by atoms with Crippen molar-refractivity contribution in [2.24, 2.45) is 5.92 Å². The highest BCUT2D eigenvalue weighted by atomic mass is 32.2. The predicted octanol–water partition coefficient (Wildman–Crippen LogP) is 3.71. The van der Waals surface area contributed by atoms with Gasteiger partial charge in [0.05, 0.1) is 41.2 Å². The maximum Gasteiger partial charge on any atom is 0.411 e. The molecule has 1 aromatic carbocycles. The van der Waals surface area contributed by atoms with Crippen molar-refractivity contribution in [1.29, 1.82) is 0 Å². The van der Waals surface area contributed by atoms with Gasteiger partial charge in [0, 0.05) is 24.7 Å². The van der Waals surface area contributed by atoms with Crippen molar-refractivity contribution in [3.8, 4) is 11.1 Å². The summed E-state index contributed by atoms with van der Waals surface area (Å²) in [5.74, 6) is 0.991. The number of amides is 2. The summed E-state index contributed by atoms with van der Waals surface area (Å²) in [4.78, 5) is 28.1. The highest BCUT2D eigenvalue weighted by Gasteiger charge is 2.36. The summed E-state index contributed by atoms with van der Waals surface area (Å²) < 4.78 is 25.8. The molecule has 9 nitrogen and oxygen atoms in total. The number of sulfone groups is 1. The van der Waals surface area contributed by atoms with Crippen LogP contribution in [0.1, 0.15) is 51.5 Å². The molecule has 3 heterocycles. The average molecular weight is 487 g/mol. The molecule has 2 fully saturated rings. The first-order valence-electron chi connectivity index (χ1n) is 11.9. The SMILES string of the molecule is C[C@H]1CN(C(=O)O)c2cc(-c3cnn([C@@H]4CCCS(=O)(=O)C4)c3)ccc2N1C(=O)CCC1CC1. The molecule has 0 bridgehead atoms. The molecule has 0 unspecified atom stereocenters. The van der Waals surface area contributed by atoms with Crippen LogP contribution in [-0.4, -0.2) is 59.4 Å². The fraction of sp³-hybridized carbons (Fsp3) is 0.542. The predicted molar refractivity (Wildman–Crippen MR) is 129 cm³/mol. The Morgan fingerprint density at radius 2 is 1.94 bits per heavy atom. The van der Waals surface area contributed by atoms with Gasteiger partial charge in [-0.25, -0.2) is 13.2 Å². The molecule has 5 rings (SSSR count). The summed E-state index contributed by atoms with van der Waals surface area (Å²) in [7, 11) is -3.06.